The molecule has 1 aliphatic heterocycles. The SMILES string of the molecule is Cc1ccc([C@H]2c3[nH]c4ccccc4c3CCN2C(=O)NCc2ccccc2)cc1. The molecule has 0 saturated carbocycles. The number of carbonyl (C=O) groups excluding carboxylic acids is 1. The molecule has 2 heterocycles. The molecule has 0 spiro atoms. The average molecular weight is 396 g/mol. The number of aryl methyl sites for hydroxylation is 1. The Bertz CT molecular complexity index is 1180. The molecule has 4 heteroatoms. The molecule has 0 saturated heterocycles. The number of hydrogen-bond acceptors (Lipinski definition) is 1. The maximum Gasteiger partial charge on any atom is 0.318 e. The highest BCUT2D eigenvalue weighted by molar-refractivity contribution is 5.86. The average Bonchev–Trinajstić information content (AvgIpc) is 3.17. The summed E-state index contributed by atoms with van der Waals surface area (Å²) in [7, 11) is 0. The zero-order chi connectivity index (χ0) is 20.5. The second kappa shape index (κ2) is 7.71. The molecule has 2 amide bonds. The molecule has 1 aliphatic rings. The van der Waals surface area contributed by atoms with Gasteiger partial charge in [0.25, 0.3) is 0 Å². The Labute approximate surface area is 176 Å². The maximum atomic E-state index is 13.2. The number of rotatable bonds is 3. The highest BCUT2D eigenvalue weighted by Gasteiger charge is 2.34. The highest BCUT2D eigenvalue weighted by atomic mass is 16.2. The number of hydrogen-bond donors (Lipinski definition) is 2. The van der Waals surface area contributed by atoms with Crippen molar-refractivity contribution in [2.45, 2.75) is 25.9 Å². The first kappa shape index (κ1) is 18.5. The number of aromatic amines is 1. The second-order valence-electron chi connectivity index (χ2n) is 7.96. The van der Waals surface area contributed by atoms with Crippen molar-refractivity contribution in [2.24, 2.45) is 0 Å². The third-order valence-corrected chi connectivity index (χ3v) is 5.97. The van der Waals surface area contributed by atoms with Crippen molar-refractivity contribution in [1.82, 2.24) is 15.2 Å². The Morgan fingerprint density at radius 1 is 1.00 bits per heavy atom. The van der Waals surface area contributed by atoms with E-state index in [1.54, 1.807) is 0 Å². The van der Waals surface area contributed by atoms with E-state index in [-0.39, 0.29) is 12.1 Å². The van der Waals surface area contributed by atoms with Crippen molar-refractivity contribution in [3.05, 3.63) is 107 Å². The molecule has 1 aromatic heterocycles. The fourth-order valence-electron chi connectivity index (χ4n) is 4.43. The quantitative estimate of drug-likeness (QED) is 0.484. The van der Waals surface area contributed by atoms with E-state index in [0.717, 1.165) is 28.8 Å². The minimum absolute atomic E-state index is 0.0336. The van der Waals surface area contributed by atoms with E-state index in [4.69, 9.17) is 0 Å². The van der Waals surface area contributed by atoms with Crippen molar-refractivity contribution in [3.63, 3.8) is 0 Å². The van der Waals surface area contributed by atoms with E-state index in [1.165, 1.54) is 16.5 Å². The molecule has 4 nitrogen and oxygen atoms in total. The summed E-state index contributed by atoms with van der Waals surface area (Å²) in [5.41, 5.74) is 7.02. The van der Waals surface area contributed by atoms with Gasteiger partial charge in [-0.1, -0.05) is 78.4 Å². The number of para-hydroxylation sites is 1. The third kappa shape index (κ3) is 3.35. The summed E-state index contributed by atoms with van der Waals surface area (Å²) in [6.07, 6.45) is 0.848. The summed E-state index contributed by atoms with van der Waals surface area (Å²) in [5.74, 6) is 0. The van der Waals surface area contributed by atoms with Gasteiger partial charge in [-0.25, -0.2) is 4.79 Å². The molecule has 2 N–H and O–H groups in total. The van der Waals surface area contributed by atoms with Gasteiger partial charge >= 0.3 is 6.03 Å². The first-order chi connectivity index (χ1) is 14.7. The van der Waals surface area contributed by atoms with E-state index < -0.39 is 0 Å². The zero-order valence-electron chi connectivity index (χ0n) is 17.1. The number of nitrogens with zero attached hydrogens (tertiary/aromatic N) is 1. The van der Waals surface area contributed by atoms with Crippen molar-refractivity contribution in [2.75, 3.05) is 6.54 Å². The topological polar surface area (TPSA) is 48.1 Å². The lowest BCUT2D eigenvalue weighted by molar-refractivity contribution is 0.179. The number of H-pyrrole nitrogens is 1. The van der Waals surface area contributed by atoms with Crippen LogP contribution in [0.5, 0.6) is 0 Å². The maximum absolute atomic E-state index is 13.2. The molecule has 0 radical (unpaired) electrons. The Morgan fingerprint density at radius 2 is 1.73 bits per heavy atom. The van der Waals surface area contributed by atoms with Crippen LogP contribution in [0.2, 0.25) is 0 Å². The van der Waals surface area contributed by atoms with E-state index in [1.807, 2.05) is 35.2 Å². The Hall–Kier alpha value is -3.53. The fourth-order valence-corrected chi connectivity index (χ4v) is 4.43. The van der Waals surface area contributed by atoms with Crippen molar-refractivity contribution < 1.29 is 4.79 Å². The molecule has 0 aliphatic carbocycles. The molecule has 0 unspecified atom stereocenters. The molecule has 0 fully saturated rings. The molecule has 30 heavy (non-hydrogen) atoms. The third-order valence-electron chi connectivity index (χ3n) is 5.97. The van der Waals surface area contributed by atoms with Gasteiger partial charge in [-0.3, -0.25) is 0 Å². The summed E-state index contributed by atoms with van der Waals surface area (Å²) in [6, 6.07) is 26.8. The highest BCUT2D eigenvalue weighted by Crippen LogP contribution is 2.38. The van der Waals surface area contributed by atoms with Crippen LogP contribution in [0.4, 0.5) is 4.79 Å². The lowest BCUT2D eigenvalue weighted by Crippen LogP contribution is -2.45. The summed E-state index contributed by atoms with van der Waals surface area (Å²) in [5, 5.41) is 4.38. The van der Waals surface area contributed by atoms with Crippen LogP contribution in [0, 0.1) is 6.92 Å². The predicted octanol–water partition coefficient (Wildman–Crippen LogP) is 5.33. The van der Waals surface area contributed by atoms with E-state index in [9.17, 15) is 4.79 Å². The molecule has 1 atom stereocenters. The summed E-state index contributed by atoms with van der Waals surface area (Å²) in [6.45, 7) is 3.30. The molecular formula is C26H25N3O. The van der Waals surface area contributed by atoms with Gasteiger partial charge in [0.05, 0.1) is 6.04 Å². The molecular weight excluding hydrogens is 370 g/mol. The monoisotopic (exact) mass is 395 g/mol. The predicted molar refractivity (Wildman–Crippen MR) is 120 cm³/mol. The van der Waals surface area contributed by atoms with E-state index in [0.29, 0.717) is 13.1 Å². The number of fused-ring (bicyclic) bond motifs is 3. The van der Waals surface area contributed by atoms with Crippen LogP contribution in [0.25, 0.3) is 10.9 Å². The van der Waals surface area contributed by atoms with Gasteiger partial charge in [0.15, 0.2) is 0 Å². The molecule has 5 rings (SSSR count). The van der Waals surface area contributed by atoms with Crippen molar-refractivity contribution in [3.8, 4) is 0 Å². The minimum Gasteiger partial charge on any atom is -0.356 e. The van der Waals surface area contributed by atoms with Gasteiger partial charge in [-0.15, -0.1) is 0 Å². The Balaban J connectivity index is 1.51. The van der Waals surface area contributed by atoms with Gasteiger partial charge in [0.2, 0.25) is 0 Å². The van der Waals surface area contributed by atoms with Gasteiger partial charge in [0, 0.05) is 29.7 Å². The van der Waals surface area contributed by atoms with Crippen molar-refractivity contribution in [1.29, 1.82) is 0 Å². The lowest BCUT2D eigenvalue weighted by Gasteiger charge is -2.36. The Morgan fingerprint density at radius 3 is 2.53 bits per heavy atom. The summed E-state index contributed by atoms with van der Waals surface area (Å²) >= 11 is 0. The lowest BCUT2D eigenvalue weighted by atomic mass is 9.92. The zero-order valence-corrected chi connectivity index (χ0v) is 17.1. The van der Waals surface area contributed by atoms with Gasteiger partial charge in [0.1, 0.15) is 0 Å². The normalized spacial score (nSPS) is 15.8. The van der Waals surface area contributed by atoms with Crippen LogP contribution in [0.3, 0.4) is 0 Å². The Kier molecular flexibility index (Phi) is 4.75. The van der Waals surface area contributed by atoms with Crippen molar-refractivity contribution >= 4 is 16.9 Å². The number of benzene rings is 3. The van der Waals surface area contributed by atoms with Crippen LogP contribution in [-0.2, 0) is 13.0 Å². The first-order valence-corrected chi connectivity index (χ1v) is 10.4. The summed E-state index contributed by atoms with van der Waals surface area (Å²) < 4.78 is 0. The van der Waals surface area contributed by atoms with E-state index in [2.05, 4.69) is 65.8 Å². The second-order valence-corrected chi connectivity index (χ2v) is 7.96. The van der Waals surface area contributed by atoms with Gasteiger partial charge < -0.3 is 15.2 Å². The minimum atomic E-state index is -0.127. The van der Waals surface area contributed by atoms with Crippen LogP contribution >= 0.6 is 0 Å². The standard InChI is InChI=1S/C26H25N3O/c1-18-11-13-20(14-12-18)25-24-22(21-9-5-6-10-23(21)28-24)15-16-29(25)26(30)27-17-19-7-3-2-4-8-19/h2-14,25,28H,15-17H2,1H3,(H,27,30)/t25-/m0/s1. The van der Waals surface area contributed by atoms with Gasteiger partial charge in [-0.2, -0.15) is 0 Å². The number of nitrogens with one attached hydrogen (secondary N) is 2. The largest absolute Gasteiger partial charge is 0.356 e. The molecule has 150 valence electrons. The summed E-state index contributed by atoms with van der Waals surface area (Å²) in [4.78, 5) is 18.8. The number of carbonyl (C=O) groups is 1. The number of urea groups is 1. The molecule has 3 aromatic carbocycles. The van der Waals surface area contributed by atoms with Crippen LogP contribution in [0.1, 0.15) is 34.0 Å². The number of aromatic nitrogens is 1. The first-order valence-electron chi connectivity index (χ1n) is 10.4. The van der Waals surface area contributed by atoms with E-state index >= 15 is 0 Å². The fraction of sp³-hybridized carbons (Fsp3) is 0.192. The number of amides is 2. The smallest absolute Gasteiger partial charge is 0.318 e. The van der Waals surface area contributed by atoms with Crippen LogP contribution < -0.4 is 5.32 Å². The molecule has 0 bridgehead atoms. The van der Waals surface area contributed by atoms with Gasteiger partial charge in [-0.05, 0) is 36.1 Å². The van der Waals surface area contributed by atoms with Crippen LogP contribution in [-0.4, -0.2) is 22.5 Å². The van der Waals surface area contributed by atoms with Crippen LogP contribution in [0.15, 0.2) is 78.9 Å². The molecule has 4 aromatic rings.